The summed E-state index contributed by atoms with van der Waals surface area (Å²) in [6.07, 6.45) is 2.45. The van der Waals surface area contributed by atoms with Gasteiger partial charge in [0.05, 0.1) is 13.2 Å². The molecule has 1 saturated heterocycles. The number of halogens is 1. The molecule has 21 heavy (non-hydrogen) atoms. The third-order valence-electron chi connectivity index (χ3n) is 3.79. The maximum atomic E-state index is 11.9. The van der Waals surface area contributed by atoms with E-state index in [1.807, 2.05) is 24.3 Å². The average Bonchev–Trinajstić information content (AvgIpc) is 3.09. The molecule has 1 atom stereocenters. The van der Waals surface area contributed by atoms with E-state index >= 15 is 0 Å². The van der Waals surface area contributed by atoms with Gasteiger partial charge in [-0.25, -0.2) is 0 Å². The Hall–Kier alpha value is -0.860. The topological polar surface area (TPSA) is 56.8 Å². The molecule has 0 aromatic heterocycles. The number of rotatable bonds is 4. The molecule has 5 nitrogen and oxygen atoms in total. The fourth-order valence-corrected chi connectivity index (χ4v) is 3.16. The second-order valence-electron chi connectivity index (χ2n) is 5.36. The summed E-state index contributed by atoms with van der Waals surface area (Å²) < 4.78 is 17.9. The van der Waals surface area contributed by atoms with Crippen LogP contribution >= 0.6 is 22.6 Å². The molecular weight excluding hydrogens is 385 g/mol. The van der Waals surface area contributed by atoms with Crippen LogP contribution in [-0.2, 0) is 14.3 Å². The number of amides is 1. The van der Waals surface area contributed by atoms with Crippen molar-refractivity contribution in [3.63, 3.8) is 0 Å². The highest BCUT2D eigenvalue weighted by molar-refractivity contribution is 14.1. The van der Waals surface area contributed by atoms with Crippen LogP contribution in [0, 0.1) is 3.57 Å². The van der Waals surface area contributed by atoms with E-state index in [-0.39, 0.29) is 18.6 Å². The second kappa shape index (κ2) is 6.50. The van der Waals surface area contributed by atoms with Crippen LogP contribution in [0.4, 0.5) is 0 Å². The lowest BCUT2D eigenvalue weighted by Crippen LogP contribution is -2.38. The Morgan fingerprint density at radius 3 is 2.76 bits per heavy atom. The van der Waals surface area contributed by atoms with E-state index in [2.05, 4.69) is 27.9 Å². The van der Waals surface area contributed by atoms with Crippen LogP contribution in [0.15, 0.2) is 24.3 Å². The Morgan fingerprint density at radius 1 is 1.33 bits per heavy atom. The second-order valence-corrected chi connectivity index (χ2v) is 6.60. The van der Waals surface area contributed by atoms with Gasteiger partial charge < -0.3 is 19.5 Å². The van der Waals surface area contributed by atoms with E-state index in [1.165, 1.54) is 0 Å². The molecule has 1 unspecified atom stereocenters. The number of nitrogens with one attached hydrogen (secondary N) is 1. The van der Waals surface area contributed by atoms with Gasteiger partial charge in [-0.3, -0.25) is 4.79 Å². The zero-order valence-electron chi connectivity index (χ0n) is 11.6. The molecule has 1 amide bonds. The zero-order valence-corrected chi connectivity index (χ0v) is 13.8. The predicted molar refractivity (Wildman–Crippen MR) is 85.1 cm³/mol. The Morgan fingerprint density at radius 2 is 2.05 bits per heavy atom. The Labute approximate surface area is 137 Å². The van der Waals surface area contributed by atoms with E-state index in [9.17, 15) is 4.79 Å². The minimum absolute atomic E-state index is 0.0335. The third-order valence-corrected chi connectivity index (χ3v) is 4.51. The first-order valence-electron chi connectivity index (χ1n) is 7.11. The van der Waals surface area contributed by atoms with Crippen LogP contribution in [0.25, 0.3) is 0 Å². The van der Waals surface area contributed by atoms with Gasteiger partial charge in [0.25, 0.3) is 5.91 Å². The van der Waals surface area contributed by atoms with Gasteiger partial charge in [0.15, 0.2) is 12.4 Å². The number of carbonyl (C=O) groups is 1. The summed E-state index contributed by atoms with van der Waals surface area (Å²) in [6.45, 7) is 1.33. The van der Waals surface area contributed by atoms with Crippen molar-refractivity contribution in [2.75, 3.05) is 19.8 Å². The molecule has 1 saturated carbocycles. The third kappa shape index (κ3) is 3.87. The number of benzene rings is 1. The molecule has 2 aliphatic rings. The summed E-state index contributed by atoms with van der Waals surface area (Å²) in [6, 6.07) is 7.72. The lowest BCUT2D eigenvalue weighted by atomic mass is 10.2. The molecule has 3 rings (SSSR count). The number of hydrogen-bond acceptors (Lipinski definition) is 4. The monoisotopic (exact) mass is 403 g/mol. The molecule has 114 valence electrons. The SMILES string of the molecule is O=C(COc1ccc(I)cc1)NC1CCC2(C1)OCCO2. The lowest BCUT2D eigenvalue weighted by Gasteiger charge is -2.21. The highest BCUT2D eigenvalue weighted by atomic mass is 127. The van der Waals surface area contributed by atoms with Crippen LogP contribution in [0.5, 0.6) is 5.75 Å². The fraction of sp³-hybridized carbons (Fsp3) is 0.533. The normalized spacial score (nSPS) is 23.4. The molecular formula is C15H18INO4. The summed E-state index contributed by atoms with van der Waals surface area (Å²) in [5.74, 6) is 0.152. The Bertz CT molecular complexity index is 499. The molecule has 1 spiro atoms. The van der Waals surface area contributed by atoms with Crippen LogP contribution in [0.2, 0.25) is 0 Å². The maximum Gasteiger partial charge on any atom is 0.258 e. The van der Waals surface area contributed by atoms with Crippen molar-refractivity contribution in [2.24, 2.45) is 0 Å². The molecule has 1 aromatic rings. The first-order valence-corrected chi connectivity index (χ1v) is 8.19. The molecule has 1 aliphatic heterocycles. The highest BCUT2D eigenvalue weighted by Gasteiger charge is 2.44. The van der Waals surface area contributed by atoms with Crippen molar-refractivity contribution < 1.29 is 19.0 Å². The van der Waals surface area contributed by atoms with Crippen molar-refractivity contribution in [3.8, 4) is 5.75 Å². The van der Waals surface area contributed by atoms with E-state index in [1.54, 1.807) is 0 Å². The summed E-state index contributed by atoms with van der Waals surface area (Å²) in [5.41, 5.74) is 0. The van der Waals surface area contributed by atoms with Crippen molar-refractivity contribution in [3.05, 3.63) is 27.8 Å². The molecule has 0 bridgehead atoms. The largest absolute Gasteiger partial charge is 0.484 e. The maximum absolute atomic E-state index is 11.9. The van der Waals surface area contributed by atoms with Gasteiger partial charge in [-0.1, -0.05) is 0 Å². The summed E-state index contributed by atoms with van der Waals surface area (Å²) in [5, 5.41) is 2.99. The zero-order chi connectivity index (χ0) is 14.7. The molecule has 0 radical (unpaired) electrons. The van der Waals surface area contributed by atoms with Crippen molar-refractivity contribution in [1.29, 1.82) is 0 Å². The predicted octanol–water partition coefficient (Wildman–Crippen LogP) is 2.08. The molecule has 1 aromatic carbocycles. The van der Waals surface area contributed by atoms with Crippen LogP contribution < -0.4 is 10.1 Å². The molecule has 1 N–H and O–H groups in total. The van der Waals surface area contributed by atoms with Gasteiger partial charge in [0.2, 0.25) is 0 Å². The average molecular weight is 403 g/mol. The molecule has 2 fully saturated rings. The molecule has 1 aliphatic carbocycles. The Balaban J connectivity index is 1.43. The molecule has 6 heteroatoms. The van der Waals surface area contributed by atoms with E-state index in [0.717, 1.165) is 22.8 Å². The van der Waals surface area contributed by atoms with Gasteiger partial charge in [-0.15, -0.1) is 0 Å². The van der Waals surface area contributed by atoms with E-state index in [0.29, 0.717) is 19.0 Å². The van der Waals surface area contributed by atoms with Crippen molar-refractivity contribution >= 4 is 28.5 Å². The fourth-order valence-electron chi connectivity index (χ4n) is 2.81. The van der Waals surface area contributed by atoms with Gasteiger partial charge >= 0.3 is 0 Å². The van der Waals surface area contributed by atoms with Gasteiger partial charge in [-0.2, -0.15) is 0 Å². The van der Waals surface area contributed by atoms with Crippen LogP contribution in [-0.4, -0.2) is 37.6 Å². The Kier molecular flexibility index (Phi) is 4.66. The summed E-state index contributed by atoms with van der Waals surface area (Å²) >= 11 is 2.23. The van der Waals surface area contributed by atoms with E-state index in [4.69, 9.17) is 14.2 Å². The van der Waals surface area contributed by atoms with E-state index < -0.39 is 5.79 Å². The summed E-state index contributed by atoms with van der Waals surface area (Å²) in [4.78, 5) is 11.9. The summed E-state index contributed by atoms with van der Waals surface area (Å²) in [7, 11) is 0. The molecule has 1 heterocycles. The first kappa shape index (κ1) is 15.1. The first-order chi connectivity index (χ1) is 10.2. The van der Waals surface area contributed by atoms with Crippen molar-refractivity contribution in [2.45, 2.75) is 31.1 Å². The number of carbonyl (C=O) groups excluding carboxylic acids is 1. The highest BCUT2D eigenvalue weighted by Crippen LogP contribution is 2.37. The van der Waals surface area contributed by atoms with Gasteiger partial charge in [0.1, 0.15) is 5.75 Å². The minimum atomic E-state index is -0.449. The van der Waals surface area contributed by atoms with Crippen molar-refractivity contribution in [1.82, 2.24) is 5.32 Å². The minimum Gasteiger partial charge on any atom is -0.484 e. The lowest BCUT2D eigenvalue weighted by molar-refractivity contribution is -0.151. The van der Waals surface area contributed by atoms with Crippen LogP contribution in [0.1, 0.15) is 19.3 Å². The quantitative estimate of drug-likeness (QED) is 0.783. The van der Waals surface area contributed by atoms with Gasteiger partial charge in [0, 0.05) is 22.5 Å². The number of hydrogen-bond donors (Lipinski definition) is 1. The van der Waals surface area contributed by atoms with Crippen LogP contribution in [0.3, 0.4) is 0 Å². The van der Waals surface area contributed by atoms with Gasteiger partial charge in [-0.05, 0) is 53.3 Å². The number of ether oxygens (including phenoxy) is 3. The smallest absolute Gasteiger partial charge is 0.258 e. The standard InChI is InChI=1S/C15H18INO4/c16-11-1-3-13(4-2-11)19-10-14(18)17-12-5-6-15(9-12)20-7-8-21-15/h1-4,12H,5-10H2,(H,17,18).